The van der Waals surface area contributed by atoms with Crippen LogP contribution in [-0.2, 0) is 0 Å². The SMILES string of the molecule is CCCC[B-]12Oc3cc[n+](cc3O1)[B-]1(CCCC)Oc3cc[n+](cc3O1)[B-]1(CCCC)Oc3cc[n+](cc3O1)[B-]1(CCCC)Oc3cc[n+](cc3O1)[B-]1(CCCC)Oc3cc[n+]2cc3O1. The first-order valence-electron chi connectivity index (χ1n) is 24.7. The lowest BCUT2D eigenvalue weighted by atomic mass is 9.65. The lowest BCUT2D eigenvalue weighted by Gasteiger charge is -2.29. The van der Waals surface area contributed by atoms with Crippen LogP contribution in [0.15, 0.2) is 92.3 Å². The third kappa shape index (κ3) is 6.78. The van der Waals surface area contributed by atoms with Crippen LogP contribution < -0.4 is 68.9 Å². The summed E-state index contributed by atoms with van der Waals surface area (Å²) in [4.78, 5) is 0. The topological polar surface area (TPSA) is 112 Å². The number of hydrogen-bond donors (Lipinski definition) is 0. The molecule has 0 fully saturated rings. The average Bonchev–Trinajstić information content (AvgIpc) is 4.15. The van der Waals surface area contributed by atoms with Crippen LogP contribution in [0.25, 0.3) is 0 Å². The summed E-state index contributed by atoms with van der Waals surface area (Å²) in [6.45, 7) is 0.484. The average molecular weight is 885 g/mol. The highest BCUT2D eigenvalue weighted by molar-refractivity contribution is 6.63. The lowest BCUT2D eigenvalue weighted by molar-refractivity contribution is -0.575. The van der Waals surface area contributed by atoms with E-state index in [1.54, 1.807) is 0 Å². The highest BCUT2D eigenvalue weighted by atomic mass is 16.7. The van der Waals surface area contributed by atoms with Crippen molar-refractivity contribution >= 4 is 33.4 Å². The molecule has 0 spiro atoms. The monoisotopic (exact) mass is 885 g/mol. The van der Waals surface area contributed by atoms with Crippen LogP contribution in [0.4, 0.5) is 0 Å². The molecule has 6 aliphatic rings. The summed E-state index contributed by atoms with van der Waals surface area (Å²) < 4.78 is 80.1. The molecule has 0 N–H and O–H groups in total. The Hall–Kier alpha value is -5.93. The molecule has 11 heterocycles. The summed E-state index contributed by atoms with van der Waals surface area (Å²) in [5.41, 5.74) is 0. The quantitative estimate of drug-likeness (QED) is 0.105. The van der Waals surface area contributed by atoms with Gasteiger partial charge in [-0.3, -0.25) is 0 Å². The molecule has 6 aliphatic heterocycles. The van der Waals surface area contributed by atoms with Gasteiger partial charge in [-0.2, -0.15) is 0 Å². The van der Waals surface area contributed by atoms with Crippen LogP contribution in [0.3, 0.4) is 0 Å². The molecule has 5 aromatic heterocycles. The molecule has 11 rings (SSSR count). The molecule has 20 heteroatoms. The van der Waals surface area contributed by atoms with Gasteiger partial charge in [0.2, 0.25) is 0 Å². The van der Waals surface area contributed by atoms with Gasteiger partial charge < -0.3 is 68.9 Å². The predicted molar refractivity (Wildman–Crippen MR) is 244 cm³/mol. The van der Waals surface area contributed by atoms with Gasteiger partial charge in [-0.15, -0.1) is 0 Å². The molecule has 0 saturated carbocycles. The summed E-state index contributed by atoms with van der Waals surface area (Å²) in [5, 5.41) is 0. The highest BCUT2D eigenvalue weighted by Gasteiger charge is 2.59. The molecule has 0 aromatic carbocycles. The first-order chi connectivity index (χ1) is 31.7. The Morgan fingerprint density at radius 1 is 0.277 bits per heavy atom. The maximum atomic E-state index is 7.05. The Labute approximate surface area is 381 Å². The Morgan fingerprint density at radius 3 is 0.615 bits per heavy atom. The lowest BCUT2D eigenvalue weighted by Crippen LogP contribution is -2.71. The van der Waals surface area contributed by atoms with E-state index in [4.69, 9.17) is 46.5 Å². The van der Waals surface area contributed by atoms with Crippen molar-refractivity contribution in [3.05, 3.63) is 92.3 Å². The molecule has 0 amide bonds. The maximum Gasteiger partial charge on any atom is 0.653 e. The number of unbranched alkanes of at least 4 members (excludes halogenated alkanes) is 5. The van der Waals surface area contributed by atoms with Crippen molar-refractivity contribution in [2.75, 3.05) is 0 Å². The summed E-state index contributed by atoms with van der Waals surface area (Å²) in [7, 11) is 0. The largest absolute Gasteiger partial charge is 0.653 e. The van der Waals surface area contributed by atoms with Crippen molar-refractivity contribution in [3.8, 4) is 57.5 Å². The van der Waals surface area contributed by atoms with Crippen LogP contribution in [0.1, 0.15) is 98.8 Å². The summed E-state index contributed by atoms with van der Waals surface area (Å²) in [6, 6.07) is 9.83. The molecule has 0 radical (unpaired) electrons. The zero-order chi connectivity index (χ0) is 44.4. The number of pyridine rings is 5. The normalized spacial score (nSPS) is 26.2. The van der Waals surface area contributed by atoms with E-state index in [2.05, 4.69) is 34.6 Å². The zero-order valence-electron chi connectivity index (χ0n) is 38.5. The Morgan fingerprint density at radius 2 is 0.446 bits per heavy atom. The third-order valence-corrected chi connectivity index (χ3v) is 14.5. The minimum Gasteiger partial charge on any atom is -0.620 e. The van der Waals surface area contributed by atoms with Crippen molar-refractivity contribution in [1.82, 2.24) is 0 Å². The number of fused-ring (bicyclic) bond motifs is 15. The first kappa shape index (κ1) is 41.8. The van der Waals surface area contributed by atoms with Gasteiger partial charge in [0, 0.05) is 30.3 Å². The molecule has 65 heavy (non-hydrogen) atoms. The van der Waals surface area contributed by atoms with E-state index in [0.717, 1.165) is 64.2 Å². The van der Waals surface area contributed by atoms with Gasteiger partial charge in [-0.1, -0.05) is 98.8 Å². The van der Waals surface area contributed by atoms with Gasteiger partial charge in [0.15, 0.2) is 59.7 Å². The van der Waals surface area contributed by atoms with E-state index in [-0.39, 0.29) is 0 Å². The van der Waals surface area contributed by atoms with Crippen molar-refractivity contribution in [3.63, 3.8) is 0 Å². The fourth-order valence-corrected chi connectivity index (χ4v) is 10.9. The number of nitrogens with zero attached hydrogens (tertiary/aromatic N) is 5. The fourth-order valence-electron chi connectivity index (χ4n) is 10.9. The van der Waals surface area contributed by atoms with E-state index < -0.39 is 33.4 Å². The van der Waals surface area contributed by atoms with Crippen molar-refractivity contribution in [1.29, 1.82) is 0 Å². The molecule has 0 aliphatic carbocycles. The third-order valence-electron chi connectivity index (χ3n) is 14.5. The summed E-state index contributed by atoms with van der Waals surface area (Å²) in [5.74, 6) is 6.38. The number of aromatic nitrogens is 5. The molecule has 5 unspecified atom stereocenters. The minimum absolute atomic E-state index is 0.619. The predicted octanol–water partition coefficient (Wildman–Crippen LogP) is 6.73. The van der Waals surface area contributed by atoms with Crippen molar-refractivity contribution in [2.45, 2.75) is 130 Å². The Balaban J connectivity index is 1.07. The van der Waals surface area contributed by atoms with Crippen LogP contribution in [0.2, 0.25) is 31.6 Å². The minimum atomic E-state index is -2.08. The van der Waals surface area contributed by atoms with Gasteiger partial charge in [0.25, 0.3) is 0 Å². The molecular formula is C45H60B5N5O10. The molecule has 340 valence electrons. The second-order valence-electron chi connectivity index (χ2n) is 19.1. The van der Waals surface area contributed by atoms with E-state index >= 15 is 0 Å². The molecule has 15 bridgehead atoms. The molecule has 5 aromatic rings. The first-order valence-corrected chi connectivity index (χ1v) is 24.7. The highest BCUT2D eigenvalue weighted by Crippen LogP contribution is 2.45. The second kappa shape index (κ2) is 15.9. The fraction of sp³-hybridized carbons (Fsp3) is 0.444. The Kier molecular flexibility index (Phi) is 10.2. The standard InChI is InChI=1S/C45H60B5N5O10/c1-6-11-21-46-51-26-16-37-42(31-51)62-48(57-37,23-13-8-3)53-28-18-39-44(33-53)64-50(59-39,25-15-10-5)55-30-20-40-45(35-55)65-49(60-40,24-14-9-4)54-29-19-38-43(34-54)63-47(58-38,22-12-7-2)52-27-17-36(56-46)41(32-52)61-46/h16-20,26-35H,6-15,21-25H2,1-5H3. The van der Waals surface area contributed by atoms with Crippen molar-refractivity contribution < 1.29 is 68.9 Å². The van der Waals surface area contributed by atoms with E-state index in [1.165, 1.54) is 0 Å². The van der Waals surface area contributed by atoms with Gasteiger partial charge >= 0.3 is 33.4 Å². The van der Waals surface area contributed by atoms with Crippen molar-refractivity contribution in [2.24, 2.45) is 0 Å². The van der Waals surface area contributed by atoms with E-state index in [0.29, 0.717) is 89.1 Å². The van der Waals surface area contributed by atoms with Crippen LogP contribution >= 0.6 is 0 Å². The second-order valence-corrected chi connectivity index (χ2v) is 19.1. The van der Waals surface area contributed by atoms with E-state index in [9.17, 15) is 0 Å². The molecule has 15 nitrogen and oxygen atoms in total. The number of hydrogen-bond acceptors (Lipinski definition) is 10. The van der Waals surface area contributed by atoms with Crippen LogP contribution in [-0.4, -0.2) is 33.4 Å². The van der Waals surface area contributed by atoms with Crippen LogP contribution in [0.5, 0.6) is 57.5 Å². The van der Waals surface area contributed by atoms with Gasteiger partial charge in [0.05, 0.1) is 0 Å². The van der Waals surface area contributed by atoms with Gasteiger partial charge in [0.1, 0.15) is 59.7 Å². The molecule has 0 saturated heterocycles. The van der Waals surface area contributed by atoms with Gasteiger partial charge in [-0.05, 0) is 31.6 Å². The van der Waals surface area contributed by atoms with Crippen LogP contribution in [0, 0.1) is 0 Å². The van der Waals surface area contributed by atoms with E-state index in [1.807, 2.05) is 115 Å². The van der Waals surface area contributed by atoms with Gasteiger partial charge in [-0.25, -0.2) is 0 Å². The number of rotatable bonds is 15. The molecule has 5 atom stereocenters. The zero-order valence-corrected chi connectivity index (χ0v) is 38.5. The smallest absolute Gasteiger partial charge is 0.620 e. The summed E-state index contributed by atoms with van der Waals surface area (Å²) >= 11 is 0. The maximum absolute atomic E-state index is 7.05. The summed E-state index contributed by atoms with van der Waals surface area (Å²) in [6.07, 6.45) is 32.4. The Bertz CT molecular complexity index is 2260. The molecular weight excluding hydrogens is 825 g/mol.